The molecule has 0 radical (unpaired) electrons. The molecule has 0 aliphatic heterocycles. The molecular formula is C12H15F2NO3. The molecule has 1 atom stereocenters. The van der Waals surface area contributed by atoms with E-state index in [0.29, 0.717) is 5.56 Å². The lowest BCUT2D eigenvalue weighted by Crippen LogP contribution is -2.27. The summed E-state index contributed by atoms with van der Waals surface area (Å²) in [5, 5.41) is 11.2. The molecule has 6 heteroatoms. The van der Waals surface area contributed by atoms with Gasteiger partial charge in [-0.1, -0.05) is 12.1 Å². The molecule has 18 heavy (non-hydrogen) atoms. The molecular weight excluding hydrogens is 244 g/mol. The summed E-state index contributed by atoms with van der Waals surface area (Å²) < 4.78 is 28.4. The van der Waals surface area contributed by atoms with Gasteiger partial charge in [0.05, 0.1) is 12.6 Å². The second kappa shape index (κ2) is 6.90. The van der Waals surface area contributed by atoms with Gasteiger partial charge in [-0.05, 0) is 24.6 Å². The lowest BCUT2D eigenvalue weighted by Gasteiger charge is -2.15. The fourth-order valence-electron chi connectivity index (χ4n) is 1.46. The number of nitrogens with one attached hydrogen (secondary N) is 1. The number of carbonyl (C=O) groups excluding carboxylic acids is 1. The number of halogens is 2. The van der Waals surface area contributed by atoms with E-state index in [2.05, 4.69) is 10.1 Å². The Labute approximate surface area is 104 Å². The number of rotatable bonds is 6. The quantitative estimate of drug-likeness (QED) is 0.819. The predicted molar refractivity (Wildman–Crippen MR) is 61.3 cm³/mol. The number of aliphatic hydroxyl groups excluding tert-OH is 1. The summed E-state index contributed by atoms with van der Waals surface area (Å²) in [4.78, 5) is 11.3. The van der Waals surface area contributed by atoms with Crippen molar-refractivity contribution in [3.63, 3.8) is 0 Å². The Morgan fingerprint density at radius 1 is 1.50 bits per heavy atom. The number of hydrogen-bond donors (Lipinski definition) is 2. The van der Waals surface area contributed by atoms with Crippen LogP contribution in [0.3, 0.4) is 0 Å². The molecule has 2 N–H and O–H groups in total. The van der Waals surface area contributed by atoms with Crippen molar-refractivity contribution in [2.24, 2.45) is 0 Å². The minimum Gasteiger partial charge on any atom is -0.435 e. The Balaban J connectivity index is 2.67. The largest absolute Gasteiger partial charge is 0.435 e. The van der Waals surface area contributed by atoms with E-state index in [9.17, 15) is 13.6 Å². The lowest BCUT2D eigenvalue weighted by atomic mass is 10.1. The first kappa shape index (κ1) is 14.4. The summed E-state index contributed by atoms with van der Waals surface area (Å²) in [5.41, 5.74) is 0.652. The highest BCUT2D eigenvalue weighted by Crippen LogP contribution is 2.20. The highest BCUT2D eigenvalue weighted by atomic mass is 19.3. The van der Waals surface area contributed by atoms with Gasteiger partial charge in [-0.2, -0.15) is 8.78 Å². The van der Waals surface area contributed by atoms with Crippen molar-refractivity contribution in [2.75, 3.05) is 6.61 Å². The van der Waals surface area contributed by atoms with Crippen molar-refractivity contribution >= 4 is 5.91 Å². The maximum absolute atomic E-state index is 12.0. The van der Waals surface area contributed by atoms with Crippen LogP contribution in [0.4, 0.5) is 8.78 Å². The highest BCUT2D eigenvalue weighted by molar-refractivity contribution is 5.76. The molecule has 100 valence electrons. The third-order valence-corrected chi connectivity index (χ3v) is 2.30. The second-order valence-corrected chi connectivity index (χ2v) is 3.71. The molecule has 0 saturated carbocycles. The van der Waals surface area contributed by atoms with Crippen LogP contribution in [0, 0.1) is 0 Å². The van der Waals surface area contributed by atoms with E-state index in [1.807, 2.05) is 0 Å². The molecule has 1 rings (SSSR count). The third-order valence-electron chi connectivity index (χ3n) is 2.30. The average molecular weight is 259 g/mol. The SMILES string of the molecule is C[C@@H](NC(=O)CCO)c1cccc(OC(F)F)c1. The first-order valence-electron chi connectivity index (χ1n) is 5.48. The molecule has 0 unspecified atom stereocenters. The molecule has 0 aromatic heterocycles. The van der Waals surface area contributed by atoms with Crippen LogP contribution >= 0.6 is 0 Å². The second-order valence-electron chi connectivity index (χ2n) is 3.71. The van der Waals surface area contributed by atoms with E-state index in [0.717, 1.165) is 0 Å². The van der Waals surface area contributed by atoms with Gasteiger partial charge in [0, 0.05) is 6.42 Å². The number of alkyl halides is 2. The smallest absolute Gasteiger partial charge is 0.387 e. The molecule has 0 fully saturated rings. The van der Waals surface area contributed by atoms with E-state index in [4.69, 9.17) is 5.11 Å². The van der Waals surface area contributed by atoms with Gasteiger partial charge in [0.1, 0.15) is 5.75 Å². The molecule has 1 aromatic rings. The first-order chi connectivity index (χ1) is 8.52. The van der Waals surface area contributed by atoms with E-state index >= 15 is 0 Å². The van der Waals surface area contributed by atoms with Crippen molar-refractivity contribution in [1.82, 2.24) is 5.32 Å². The van der Waals surface area contributed by atoms with Crippen LogP contribution in [0.1, 0.15) is 24.9 Å². The predicted octanol–water partition coefficient (Wildman–Crippen LogP) is 1.85. The van der Waals surface area contributed by atoms with Crippen molar-refractivity contribution in [1.29, 1.82) is 0 Å². The van der Waals surface area contributed by atoms with E-state index < -0.39 is 6.61 Å². The zero-order chi connectivity index (χ0) is 13.5. The standard InChI is InChI=1S/C12H15F2NO3/c1-8(15-11(17)5-6-16)9-3-2-4-10(7-9)18-12(13)14/h2-4,7-8,12,16H,5-6H2,1H3,(H,15,17)/t8-/m1/s1. The maximum Gasteiger partial charge on any atom is 0.387 e. The molecule has 0 aliphatic carbocycles. The number of hydrogen-bond acceptors (Lipinski definition) is 3. The average Bonchev–Trinajstić information content (AvgIpc) is 2.28. The van der Waals surface area contributed by atoms with Crippen LogP contribution in [-0.4, -0.2) is 24.2 Å². The molecule has 0 heterocycles. The molecule has 0 aliphatic rings. The monoisotopic (exact) mass is 259 g/mol. The van der Waals surface area contributed by atoms with Gasteiger partial charge < -0.3 is 15.2 Å². The maximum atomic E-state index is 12.0. The van der Waals surface area contributed by atoms with E-state index in [-0.39, 0.29) is 30.7 Å². The van der Waals surface area contributed by atoms with E-state index in [1.54, 1.807) is 19.1 Å². The summed E-state index contributed by atoms with van der Waals surface area (Å²) in [5.74, 6) is -0.254. The van der Waals surface area contributed by atoms with Gasteiger partial charge >= 0.3 is 6.61 Å². The van der Waals surface area contributed by atoms with Crippen LogP contribution < -0.4 is 10.1 Å². The Hall–Kier alpha value is -1.69. The van der Waals surface area contributed by atoms with Crippen molar-refractivity contribution in [3.05, 3.63) is 29.8 Å². The molecule has 1 amide bonds. The first-order valence-corrected chi connectivity index (χ1v) is 5.48. The Kier molecular flexibility index (Phi) is 5.51. The minimum atomic E-state index is -2.88. The topological polar surface area (TPSA) is 58.6 Å². The summed E-state index contributed by atoms with van der Waals surface area (Å²) in [6, 6.07) is 5.78. The van der Waals surface area contributed by atoms with Gasteiger partial charge in [-0.3, -0.25) is 4.79 Å². The van der Waals surface area contributed by atoms with Gasteiger partial charge in [-0.25, -0.2) is 0 Å². The molecule has 4 nitrogen and oxygen atoms in total. The summed E-state index contributed by atoms with van der Waals surface area (Å²) in [6.07, 6.45) is 0.0115. The molecule has 0 saturated heterocycles. The van der Waals surface area contributed by atoms with E-state index in [1.165, 1.54) is 12.1 Å². The zero-order valence-electron chi connectivity index (χ0n) is 9.90. The molecule has 0 spiro atoms. The summed E-state index contributed by atoms with van der Waals surface area (Å²) in [7, 11) is 0. The van der Waals surface area contributed by atoms with Crippen LogP contribution in [0.15, 0.2) is 24.3 Å². The highest BCUT2D eigenvalue weighted by Gasteiger charge is 2.11. The Bertz CT molecular complexity index is 399. The normalized spacial score (nSPS) is 12.3. The number of ether oxygens (including phenoxy) is 1. The van der Waals surface area contributed by atoms with Gasteiger partial charge in [0.25, 0.3) is 0 Å². The van der Waals surface area contributed by atoms with Gasteiger partial charge in [0.2, 0.25) is 5.91 Å². The van der Waals surface area contributed by atoms with Gasteiger partial charge in [0.15, 0.2) is 0 Å². The van der Waals surface area contributed by atoms with Crippen molar-refractivity contribution < 1.29 is 23.4 Å². The lowest BCUT2D eigenvalue weighted by molar-refractivity contribution is -0.122. The third kappa shape index (κ3) is 4.67. The summed E-state index contributed by atoms with van der Waals surface area (Å²) in [6.45, 7) is -1.39. The Morgan fingerprint density at radius 3 is 2.83 bits per heavy atom. The fourth-order valence-corrected chi connectivity index (χ4v) is 1.46. The minimum absolute atomic E-state index is 0.0115. The number of carbonyl (C=O) groups is 1. The van der Waals surface area contributed by atoms with Crippen LogP contribution in [-0.2, 0) is 4.79 Å². The van der Waals surface area contributed by atoms with Crippen molar-refractivity contribution in [3.8, 4) is 5.75 Å². The summed E-state index contributed by atoms with van der Waals surface area (Å²) >= 11 is 0. The molecule has 1 aromatic carbocycles. The number of aliphatic hydroxyl groups is 1. The number of amides is 1. The van der Waals surface area contributed by atoms with Crippen LogP contribution in [0.5, 0.6) is 5.75 Å². The van der Waals surface area contributed by atoms with Crippen LogP contribution in [0.25, 0.3) is 0 Å². The Morgan fingerprint density at radius 2 is 2.22 bits per heavy atom. The van der Waals surface area contributed by atoms with Crippen molar-refractivity contribution in [2.45, 2.75) is 26.0 Å². The fraction of sp³-hybridized carbons (Fsp3) is 0.417. The zero-order valence-corrected chi connectivity index (χ0v) is 9.90. The van der Waals surface area contributed by atoms with Gasteiger partial charge in [-0.15, -0.1) is 0 Å². The molecule has 0 bridgehead atoms. The number of benzene rings is 1. The van der Waals surface area contributed by atoms with Crippen LogP contribution in [0.2, 0.25) is 0 Å².